The molecule has 1 aliphatic rings. The molecule has 0 saturated carbocycles. The number of nitrogens with one attached hydrogen (secondary N) is 1. The quantitative estimate of drug-likeness (QED) is 0.842. The predicted octanol–water partition coefficient (Wildman–Crippen LogP) is 3.54. The summed E-state index contributed by atoms with van der Waals surface area (Å²) < 4.78 is 41.5. The number of hydrogen-bond acceptors (Lipinski definition) is 4. The first-order chi connectivity index (χ1) is 11.4. The van der Waals surface area contributed by atoms with Crippen LogP contribution in [0.4, 0.5) is 4.39 Å². The molecule has 4 nitrogen and oxygen atoms in total. The minimum atomic E-state index is -3.81. The average Bonchev–Trinajstić information content (AvgIpc) is 2.55. The van der Waals surface area contributed by atoms with Gasteiger partial charge in [-0.3, -0.25) is 4.79 Å². The van der Waals surface area contributed by atoms with E-state index in [1.54, 1.807) is 23.9 Å². The smallest absolute Gasteiger partial charge is 0.241 e. The topological polar surface area (TPSA) is 63.2 Å². The Bertz CT molecular complexity index is 896. The Labute approximate surface area is 144 Å². The van der Waals surface area contributed by atoms with Crippen LogP contribution in [-0.4, -0.2) is 20.0 Å². The Morgan fingerprint density at radius 2 is 2.04 bits per heavy atom. The van der Waals surface area contributed by atoms with E-state index in [0.29, 0.717) is 17.5 Å². The number of benzene rings is 2. The van der Waals surface area contributed by atoms with Crippen molar-refractivity contribution in [3.8, 4) is 0 Å². The van der Waals surface area contributed by atoms with Crippen LogP contribution < -0.4 is 4.72 Å². The molecule has 2 aromatic rings. The molecule has 1 unspecified atom stereocenters. The molecule has 0 spiro atoms. The van der Waals surface area contributed by atoms with Crippen LogP contribution in [0.3, 0.4) is 0 Å². The Morgan fingerprint density at radius 1 is 1.25 bits per heavy atom. The van der Waals surface area contributed by atoms with Crippen molar-refractivity contribution in [1.82, 2.24) is 4.72 Å². The van der Waals surface area contributed by atoms with Gasteiger partial charge in [0.05, 0.1) is 4.90 Å². The van der Waals surface area contributed by atoms with Gasteiger partial charge in [0.15, 0.2) is 5.78 Å². The van der Waals surface area contributed by atoms with Gasteiger partial charge in [0.2, 0.25) is 10.0 Å². The van der Waals surface area contributed by atoms with Crippen molar-refractivity contribution >= 4 is 27.6 Å². The third-order valence-corrected chi connectivity index (χ3v) is 6.45. The standard InChI is InChI=1S/C17H16FNO3S2/c1-11(20)12-3-2-4-14(9-12)24(21,22)19-16-7-8-23-17-6-5-13(18)10-15(16)17/h2-6,9-10,16,19H,7-8H2,1H3. The summed E-state index contributed by atoms with van der Waals surface area (Å²) in [5.74, 6) is 0.159. The largest absolute Gasteiger partial charge is 0.295 e. The van der Waals surface area contributed by atoms with Crippen molar-refractivity contribution < 1.29 is 17.6 Å². The van der Waals surface area contributed by atoms with Gasteiger partial charge in [-0.25, -0.2) is 17.5 Å². The van der Waals surface area contributed by atoms with Crippen LogP contribution in [0, 0.1) is 5.82 Å². The molecular formula is C17H16FNO3S2. The predicted molar refractivity (Wildman–Crippen MR) is 91.3 cm³/mol. The highest BCUT2D eigenvalue weighted by molar-refractivity contribution is 7.99. The summed E-state index contributed by atoms with van der Waals surface area (Å²) in [6.45, 7) is 1.39. The van der Waals surface area contributed by atoms with E-state index in [9.17, 15) is 17.6 Å². The highest BCUT2D eigenvalue weighted by atomic mass is 32.2. The molecule has 1 heterocycles. The van der Waals surface area contributed by atoms with E-state index in [4.69, 9.17) is 0 Å². The molecule has 0 saturated heterocycles. The van der Waals surface area contributed by atoms with E-state index in [-0.39, 0.29) is 16.5 Å². The summed E-state index contributed by atoms with van der Waals surface area (Å²) in [7, 11) is -3.81. The number of carbonyl (C=O) groups is 1. The van der Waals surface area contributed by atoms with E-state index >= 15 is 0 Å². The molecule has 1 aliphatic heterocycles. The molecule has 3 rings (SSSR count). The fourth-order valence-corrected chi connectivity index (χ4v) is 5.03. The van der Waals surface area contributed by atoms with Gasteiger partial charge in [-0.2, -0.15) is 0 Å². The third-order valence-electron chi connectivity index (χ3n) is 3.86. The zero-order valence-electron chi connectivity index (χ0n) is 13.0. The van der Waals surface area contributed by atoms with E-state index in [2.05, 4.69) is 4.72 Å². The lowest BCUT2D eigenvalue weighted by atomic mass is 10.0. The maximum absolute atomic E-state index is 13.5. The molecule has 0 aromatic heterocycles. The molecule has 0 aliphatic carbocycles. The number of ketones is 1. The number of Topliss-reactive ketones (excluding diaryl/α,β-unsaturated/α-hetero) is 1. The minimum Gasteiger partial charge on any atom is -0.295 e. The number of rotatable bonds is 4. The maximum atomic E-state index is 13.5. The number of carbonyl (C=O) groups excluding carboxylic acids is 1. The van der Waals surface area contributed by atoms with Gasteiger partial charge in [0.25, 0.3) is 0 Å². The second kappa shape index (κ2) is 6.66. The molecule has 0 bridgehead atoms. The zero-order chi connectivity index (χ0) is 17.3. The van der Waals surface area contributed by atoms with Crippen LogP contribution in [0.15, 0.2) is 52.3 Å². The molecule has 0 radical (unpaired) electrons. The average molecular weight is 365 g/mol. The normalized spacial score (nSPS) is 17.3. The van der Waals surface area contributed by atoms with E-state index in [0.717, 1.165) is 10.6 Å². The summed E-state index contributed by atoms with van der Waals surface area (Å²) in [6.07, 6.45) is 0.576. The molecule has 1 N–H and O–H groups in total. The van der Waals surface area contributed by atoms with Crippen molar-refractivity contribution in [3.05, 3.63) is 59.4 Å². The molecule has 7 heteroatoms. The van der Waals surface area contributed by atoms with Crippen molar-refractivity contribution in [3.63, 3.8) is 0 Å². The number of thioether (sulfide) groups is 1. The monoisotopic (exact) mass is 365 g/mol. The molecule has 1 atom stereocenters. The third kappa shape index (κ3) is 3.53. The van der Waals surface area contributed by atoms with Gasteiger partial charge in [0, 0.05) is 16.5 Å². The second-order valence-corrected chi connectivity index (χ2v) is 8.43. The minimum absolute atomic E-state index is 0.0337. The fourth-order valence-electron chi connectivity index (χ4n) is 2.63. The first-order valence-electron chi connectivity index (χ1n) is 7.42. The molecule has 0 fully saturated rings. The van der Waals surface area contributed by atoms with Gasteiger partial charge in [-0.05, 0) is 55.0 Å². The van der Waals surface area contributed by atoms with Gasteiger partial charge in [0.1, 0.15) is 5.82 Å². The number of halogens is 1. The van der Waals surface area contributed by atoms with Crippen LogP contribution in [0.1, 0.15) is 35.3 Å². The molecule has 0 amide bonds. The van der Waals surface area contributed by atoms with Crippen LogP contribution in [0.5, 0.6) is 0 Å². The lowest BCUT2D eigenvalue weighted by Gasteiger charge is -2.25. The van der Waals surface area contributed by atoms with Gasteiger partial charge in [-0.1, -0.05) is 12.1 Å². The van der Waals surface area contributed by atoms with E-state index < -0.39 is 16.1 Å². The highest BCUT2D eigenvalue weighted by Gasteiger charge is 2.26. The summed E-state index contributed by atoms with van der Waals surface area (Å²) in [5.41, 5.74) is 0.987. The number of hydrogen-bond donors (Lipinski definition) is 1. The molecule has 24 heavy (non-hydrogen) atoms. The van der Waals surface area contributed by atoms with Crippen molar-refractivity contribution in [2.45, 2.75) is 29.2 Å². The maximum Gasteiger partial charge on any atom is 0.241 e. The van der Waals surface area contributed by atoms with Crippen LogP contribution in [0.2, 0.25) is 0 Å². The Hall–Kier alpha value is -1.70. The number of fused-ring (bicyclic) bond motifs is 1. The van der Waals surface area contributed by atoms with E-state index in [1.165, 1.54) is 37.3 Å². The van der Waals surface area contributed by atoms with Crippen molar-refractivity contribution in [2.75, 3.05) is 5.75 Å². The lowest BCUT2D eigenvalue weighted by molar-refractivity contribution is 0.101. The summed E-state index contributed by atoms with van der Waals surface area (Å²) in [4.78, 5) is 12.4. The van der Waals surface area contributed by atoms with Crippen LogP contribution in [0.25, 0.3) is 0 Å². The Balaban J connectivity index is 1.93. The summed E-state index contributed by atoms with van der Waals surface area (Å²) in [5, 5.41) is 0. The molecular weight excluding hydrogens is 349 g/mol. The first-order valence-corrected chi connectivity index (χ1v) is 9.89. The first kappa shape index (κ1) is 17.1. The summed E-state index contributed by atoms with van der Waals surface area (Å²) in [6, 6.07) is 9.85. The summed E-state index contributed by atoms with van der Waals surface area (Å²) >= 11 is 1.58. The van der Waals surface area contributed by atoms with E-state index in [1.807, 2.05) is 0 Å². The molecule has 126 valence electrons. The van der Waals surface area contributed by atoms with Crippen LogP contribution in [-0.2, 0) is 10.0 Å². The number of sulfonamides is 1. The Kier molecular flexibility index (Phi) is 4.76. The van der Waals surface area contributed by atoms with Gasteiger partial charge >= 0.3 is 0 Å². The second-order valence-electron chi connectivity index (χ2n) is 5.58. The SMILES string of the molecule is CC(=O)c1cccc(S(=O)(=O)NC2CCSc3ccc(F)cc32)c1. The van der Waals surface area contributed by atoms with Crippen LogP contribution >= 0.6 is 11.8 Å². The van der Waals surface area contributed by atoms with Crippen molar-refractivity contribution in [2.24, 2.45) is 0 Å². The van der Waals surface area contributed by atoms with Gasteiger partial charge < -0.3 is 0 Å². The highest BCUT2D eigenvalue weighted by Crippen LogP contribution is 2.37. The molecule has 2 aromatic carbocycles. The van der Waals surface area contributed by atoms with Crippen molar-refractivity contribution in [1.29, 1.82) is 0 Å². The lowest BCUT2D eigenvalue weighted by Crippen LogP contribution is -2.31. The van der Waals surface area contributed by atoms with Gasteiger partial charge in [-0.15, -0.1) is 11.8 Å². The Morgan fingerprint density at radius 3 is 2.79 bits per heavy atom. The zero-order valence-corrected chi connectivity index (χ0v) is 14.6. The fraction of sp³-hybridized carbons (Fsp3) is 0.235.